The fourth-order valence-corrected chi connectivity index (χ4v) is 2.70. The van der Waals surface area contributed by atoms with Gasteiger partial charge in [-0.05, 0) is 60.7 Å². The zero-order valence-corrected chi connectivity index (χ0v) is 13.5. The molecular weight excluding hydrogens is 322 g/mol. The van der Waals surface area contributed by atoms with Crippen molar-refractivity contribution in [2.24, 2.45) is 0 Å². The first-order chi connectivity index (χ1) is 11.7. The first-order valence-electron chi connectivity index (χ1n) is 7.28. The zero-order valence-electron chi connectivity index (χ0n) is 12.6. The number of hydrogen-bond acceptors (Lipinski definition) is 1. The third kappa shape index (κ3) is 4.62. The Labute approximate surface area is 144 Å². The first-order valence-corrected chi connectivity index (χ1v) is 8.26. The van der Waals surface area contributed by atoms with Gasteiger partial charge in [0, 0.05) is 22.5 Å². The fraction of sp³-hybridized carbons (Fsp3) is 0.0476. The summed E-state index contributed by atoms with van der Waals surface area (Å²) < 4.78 is 25.7. The number of benzene rings is 2. The molecule has 0 saturated carbocycles. The second-order valence-electron chi connectivity index (χ2n) is 5.03. The van der Waals surface area contributed by atoms with Crippen molar-refractivity contribution in [3.05, 3.63) is 93.9 Å². The highest BCUT2D eigenvalue weighted by atomic mass is 32.2. The largest absolute Gasteiger partial charge is 0.207 e. The summed E-state index contributed by atoms with van der Waals surface area (Å²) in [5, 5.41) is 0. The number of allylic oxidation sites excluding steroid dienone is 3. The summed E-state index contributed by atoms with van der Waals surface area (Å²) in [4.78, 5) is 0.951. The molecule has 0 amide bonds. The molecule has 0 fully saturated rings. The molecule has 116 valence electrons. The smallest absolute Gasteiger partial charge is 0.123 e. The summed E-state index contributed by atoms with van der Waals surface area (Å²) in [5.41, 5.74) is 2.56. The molecule has 0 nitrogen and oxygen atoms in total. The molecule has 0 bridgehead atoms. The minimum Gasteiger partial charge on any atom is -0.207 e. The van der Waals surface area contributed by atoms with Gasteiger partial charge in [0.05, 0.1) is 4.91 Å². The third-order valence-electron chi connectivity index (χ3n) is 3.20. The molecule has 3 rings (SSSR count). The summed E-state index contributed by atoms with van der Waals surface area (Å²) >= 11 is 1.61. The van der Waals surface area contributed by atoms with E-state index in [-0.39, 0.29) is 11.6 Å². The lowest BCUT2D eigenvalue weighted by atomic mass is 10.2. The lowest BCUT2D eigenvalue weighted by Crippen LogP contribution is -1.90. The molecule has 1 heterocycles. The highest BCUT2D eigenvalue weighted by molar-refractivity contribution is 8.03. The molecular formula is C21H12F2S. The highest BCUT2D eigenvalue weighted by Crippen LogP contribution is 2.23. The van der Waals surface area contributed by atoms with Gasteiger partial charge in [-0.2, -0.15) is 0 Å². The molecule has 3 heteroatoms. The van der Waals surface area contributed by atoms with Gasteiger partial charge < -0.3 is 0 Å². The summed E-state index contributed by atoms with van der Waals surface area (Å²) in [7, 11) is 0. The number of thioether (sulfide) groups is 1. The first kappa shape index (κ1) is 16.1. The van der Waals surface area contributed by atoms with E-state index < -0.39 is 0 Å². The van der Waals surface area contributed by atoms with Gasteiger partial charge in [-0.25, -0.2) is 8.78 Å². The van der Waals surface area contributed by atoms with Crippen LogP contribution in [0.3, 0.4) is 0 Å². The molecule has 1 aliphatic rings. The van der Waals surface area contributed by atoms with Gasteiger partial charge in [0.1, 0.15) is 11.6 Å². The van der Waals surface area contributed by atoms with Gasteiger partial charge >= 0.3 is 0 Å². The second kappa shape index (κ2) is 7.68. The van der Waals surface area contributed by atoms with Crippen LogP contribution in [0.4, 0.5) is 8.78 Å². The Balaban J connectivity index is 1.68. The average molecular weight is 334 g/mol. The summed E-state index contributed by atoms with van der Waals surface area (Å²) in [6, 6.07) is 12.2. The Morgan fingerprint density at radius 2 is 1.21 bits per heavy atom. The fourth-order valence-electron chi connectivity index (χ4n) is 1.94. The maximum absolute atomic E-state index is 12.8. The molecule has 0 aromatic heterocycles. The van der Waals surface area contributed by atoms with Gasteiger partial charge in [-0.1, -0.05) is 23.7 Å². The van der Waals surface area contributed by atoms with Crippen LogP contribution in [0, 0.1) is 35.3 Å². The van der Waals surface area contributed by atoms with Crippen LogP contribution in [-0.2, 0) is 0 Å². The summed E-state index contributed by atoms with van der Waals surface area (Å²) in [5.74, 6) is 12.4. The molecule has 1 aliphatic heterocycles. The van der Waals surface area contributed by atoms with Gasteiger partial charge in [-0.15, -0.1) is 11.8 Å². The third-order valence-corrected chi connectivity index (χ3v) is 4.21. The number of hydrogen-bond donors (Lipinski definition) is 0. The second-order valence-corrected chi connectivity index (χ2v) is 6.04. The Morgan fingerprint density at radius 1 is 0.667 bits per heavy atom. The molecule has 24 heavy (non-hydrogen) atoms. The predicted octanol–water partition coefficient (Wildman–Crippen LogP) is 4.93. The van der Waals surface area contributed by atoms with E-state index in [9.17, 15) is 8.78 Å². The molecule has 0 spiro atoms. The van der Waals surface area contributed by atoms with E-state index in [0.717, 1.165) is 27.4 Å². The van der Waals surface area contributed by atoms with Crippen molar-refractivity contribution >= 4 is 11.8 Å². The Morgan fingerprint density at radius 3 is 1.71 bits per heavy atom. The molecule has 2 aromatic rings. The van der Waals surface area contributed by atoms with Gasteiger partial charge in [0.15, 0.2) is 0 Å². The minimum atomic E-state index is -0.265. The summed E-state index contributed by atoms with van der Waals surface area (Å²) in [6.45, 7) is 0. The normalized spacial score (nSPS) is 12.9. The molecule has 0 unspecified atom stereocenters. The maximum Gasteiger partial charge on any atom is 0.123 e. The lowest BCUT2D eigenvalue weighted by molar-refractivity contribution is 0.627. The number of rotatable bonds is 0. The van der Waals surface area contributed by atoms with Crippen LogP contribution in [0.15, 0.2) is 71.2 Å². The highest BCUT2D eigenvalue weighted by Gasteiger charge is 2.03. The molecule has 2 aromatic carbocycles. The van der Waals surface area contributed by atoms with Crippen molar-refractivity contribution in [3.63, 3.8) is 0 Å². The quantitative estimate of drug-likeness (QED) is 0.616. The van der Waals surface area contributed by atoms with Crippen LogP contribution >= 0.6 is 11.8 Å². The summed E-state index contributed by atoms with van der Waals surface area (Å²) in [6.07, 6.45) is 3.88. The topological polar surface area (TPSA) is 0 Å². The van der Waals surface area contributed by atoms with Crippen LogP contribution in [0.5, 0.6) is 0 Å². The van der Waals surface area contributed by atoms with E-state index >= 15 is 0 Å². The van der Waals surface area contributed by atoms with Crippen molar-refractivity contribution in [3.8, 4) is 23.7 Å². The van der Waals surface area contributed by atoms with E-state index in [2.05, 4.69) is 23.7 Å². The monoisotopic (exact) mass is 334 g/mol. The van der Waals surface area contributed by atoms with Crippen LogP contribution in [-0.4, -0.2) is 5.75 Å². The molecule has 0 aliphatic carbocycles. The van der Waals surface area contributed by atoms with Crippen LogP contribution in [0.25, 0.3) is 0 Å². The Bertz CT molecular complexity index is 833. The maximum atomic E-state index is 12.8. The van der Waals surface area contributed by atoms with Gasteiger partial charge in [0.2, 0.25) is 0 Å². The van der Waals surface area contributed by atoms with Crippen molar-refractivity contribution in [2.45, 2.75) is 0 Å². The van der Waals surface area contributed by atoms with Crippen molar-refractivity contribution in [1.29, 1.82) is 0 Å². The van der Waals surface area contributed by atoms with Crippen molar-refractivity contribution < 1.29 is 8.78 Å². The van der Waals surface area contributed by atoms with E-state index in [4.69, 9.17) is 0 Å². The Hall–Kier alpha value is -2.75. The van der Waals surface area contributed by atoms with Gasteiger partial charge in [0.25, 0.3) is 0 Å². The predicted molar refractivity (Wildman–Crippen MR) is 95.2 cm³/mol. The molecule has 0 radical (unpaired) electrons. The lowest BCUT2D eigenvalue weighted by Gasteiger charge is -2.05. The number of halogens is 2. The van der Waals surface area contributed by atoms with E-state index in [1.54, 1.807) is 36.0 Å². The van der Waals surface area contributed by atoms with Crippen LogP contribution in [0.2, 0.25) is 0 Å². The SMILES string of the molecule is Fc1ccc(C#CC2=CC=C(C#Cc3ccc(F)cc3)SC2)cc1. The molecule has 0 saturated heterocycles. The minimum absolute atomic E-state index is 0.264. The zero-order chi connectivity index (χ0) is 16.8. The van der Waals surface area contributed by atoms with E-state index in [0.29, 0.717) is 0 Å². The van der Waals surface area contributed by atoms with Crippen molar-refractivity contribution in [2.75, 3.05) is 5.75 Å². The standard InChI is InChI=1S/C21H12F2S/c22-19-9-3-16(4-10-19)1-2-18-8-14-21(24-15-18)13-7-17-5-11-20(23)12-6-17/h3-6,8-12,14H,15H2. The van der Waals surface area contributed by atoms with E-state index in [1.807, 2.05) is 12.2 Å². The van der Waals surface area contributed by atoms with Crippen molar-refractivity contribution in [1.82, 2.24) is 0 Å². The van der Waals surface area contributed by atoms with Crippen LogP contribution in [0.1, 0.15) is 11.1 Å². The molecule has 0 atom stereocenters. The average Bonchev–Trinajstić information content (AvgIpc) is 2.62. The molecule has 0 N–H and O–H groups in total. The van der Waals surface area contributed by atoms with Gasteiger partial charge in [-0.3, -0.25) is 0 Å². The van der Waals surface area contributed by atoms with E-state index in [1.165, 1.54) is 24.3 Å². The van der Waals surface area contributed by atoms with Crippen LogP contribution < -0.4 is 0 Å². The Kier molecular flexibility index (Phi) is 5.16.